The average molecular weight is 413 g/mol. The summed E-state index contributed by atoms with van der Waals surface area (Å²) >= 11 is 1.42. The molecule has 1 heterocycles. The lowest BCUT2D eigenvalue weighted by molar-refractivity contribution is -0.141. The van der Waals surface area contributed by atoms with Gasteiger partial charge in [-0.15, -0.1) is 16.9 Å². The van der Waals surface area contributed by atoms with E-state index < -0.39 is 21.9 Å². The van der Waals surface area contributed by atoms with Gasteiger partial charge in [-0.1, -0.05) is 30.3 Å². The molecule has 0 spiro atoms. The Hall–Kier alpha value is -2.46. The predicted octanol–water partition coefficient (Wildman–Crippen LogP) is 4.22. The third-order valence-corrected chi connectivity index (χ3v) is 5.66. The van der Waals surface area contributed by atoms with Crippen LogP contribution in [-0.4, -0.2) is 24.6 Å². The number of hydrogen-bond donors (Lipinski definition) is 1. The van der Waals surface area contributed by atoms with Crippen LogP contribution < -0.4 is 4.83 Å². The highest BCUT2D eigenvalue weighted by Gasteiger charge is 2.35. The standard InChI is InChI=1S/C17H14F3N3O2S2/c1-26-13-7-5-6-12(10-13)15-11-16(17(18,19)20)21-23(15)22-27(24,25)14-8-3-2-4-9-14/h2-11,22H,1H3. The van der Waals surface area contributed by atoms with E-state index in [0.29, 0.717) is 10.4 Å². The molecule has 1 N–H and O–H groups in total. The monoisotopic (exact) mass is 413 g/mol. The van der Waals surface area contributed by atoms with Crippen molar-refractivity contribution in [1.29, 1.82) is 0 Å². The van der Waals surface area contributed by atoms with E-state index in [4.69, 9.17) is 0 Å². The Morgan fingerprint density at radius 3 is 2.37 bits per heavy atom. The van der Waals surface area contributed by atoms with E-state index >= 15 is 0 Å². The lowest BCUT2D eigenvalue weighted by Crippen LogP contribution is -2.25. The molecular weight excluding hydrogens is 399 g/mol. The minimum Gasteiger partial charge on any atom is -0.200 e. The number of sulfonamides is 1. The van der Waals surface area contributed by atoms with Crippen LogP contribution in [0.5, 0.6) is 0 Å². The highest BCUT2D eigenvalue weighted by molar-refractivity contribution is 7.98. The Morgan fingerprint density at radius 2 is 1.74 bits per heavy atom. The Bertz CT molecular complexity index is 1050. The molecule has 0 aliphatic heterocycles. The second-order valence-corrected chi connectivity index (χ2v) is 8.00. The lowest BCUT2D eigenvalue weighted by Gasteiger charge is -2.11. The zero-order valence-electron chi connectivity index (χ0n) is 13.9. The zero-order valence-corrected chi connectivity index (χ0v) is 15.6. The Labute approximate surface area is 158 Å². The van der Waals surface area contributed by atoms with Gasteiger partial charge in [-0.2, -0.15) is 31.2 Å². The fraction of sp³-hybridized carbons (Fsp3) is 0.118. The molecule has 142 valence electrons. The molecule has 0 saturated carbocycles. The zero-order chi connectivity index (χ0) is 19.7. The topological polar surface area (TPSA) is 64.0 Å². The summed E-state index contributed by atoms with van der Waals surface area (Å²) in [6.45, 7) is 0. The maximum absolute atomic E-state index is 13.1. The number of nitrogens with zero attached hydrogens (tertiary/aromatic N) is 2. The summed E-state index contributed by atoms with van der Waals surface area (Å²) in [6.07, 6.45) is -2.88. The molecule has 0 aliphatic rings. The minimum absolute atomic E-state index is 0.0160. The van der Waals surface area contributed by atoms with E-state index in [2.05, 4.69) is 9.93 Å². The van der Waals surface area contributed by atoms with Crippen LogP contribution in [0.3, 0.4) is 0 Å². The van der Waals surface area contributed by atoms with Crippen molar-refractivity contribution < 1.29 is 21.6 Å². The molecule has 5 nitrogen and oxygen atoms in total. The first-order valence-electron chi connectivity index (χ1n) is 7.60. The molecule has 0 aliphatic carbocycles. The lowest BCUT2D eigenvalue weighted by atomic mass is 10.1. The van der Waals surface area contributed by atoms with Crippen LogP contribution in [0.15, 0.2) is 70.5 Å². The highest BCUT2D eigenvalue weighted by atomic mass is 32.2. The second-order valence-electron chi connectivity index (χ2n) is 5.46. The van der Waals surface area contributed by atoms with Crippen LogP contribution in [-0.2, 0) is 16.2 Å². The summed E-state index contributed by atoms with van der Waals surface area (Å²) in [5.41, 5.74) is -0.804. The first-order chi connectivity index (χ1) is 12.7. The van der Waals surface area contributed by atoms with Crippen molar-refractivity contribution in [2.45, 2.75) is 16.0 Å². The van der Waals surface area contributed by atoms with Gasteiger partial charge in [-0.25, -0.2) is 0 Å². The van der Waals surface area contributed by atoms with Gasteiger partial charge in [0.25, 0.3) is 10.0 Å². The van der Waals surface area contributed by atoms with Crippen molar-refractivity contribution in [3.8, 4) is 11.3 Å². The quantitative estimate of drug-likeness (QED) is 0.636. The number of hydrogen-bond acceptors (Lipinski definition) is 4. The van der Waals surface area contributed by atoms with Gasteiger partial charge in [0, 0.05) is 10.5 Å². The van der Waals surface area contributed by atoms with Crippen molar-refractivity contribution >= 4 is 21.8 Å². The smallest absolute Gasteiger partial charge is 0.200 e. The molecule has 0 unspecified atom stereocenters. The highest BCUT2D eigenvalue weighted by Crippen LogP contribution is 2.32. The summed E-state index contributed by atoms with van der Waals surface area (Å²) in [6, 6.07) is 14.9. The number of halogens is 3. The average Bonchev–Trinajstić information content (AvgIpc) is 3.06. The van der Waals surface area contributed by atoms with E-state index in [1.54, 1.807) is 30.3 Å². The summed E-state index contributed by atoms with van der Waals surface area (Å²) < 4.78 is 64.4. The number of alkyl halides is 3. The molecule has 0 fully saturated rings. The van der Waals surface area contributed by atoms with Gasteiger partial charge in [0.2, 0.25) is 0 Å². The third kappa shape index (κ3) is 4.28. The van der Waals surface area contributed by atoms with E-state index in [1.165, 1.54) is 36.0 Å². The Morgan fingerprint density at radius 1 is 1.04 bits per heavy atom. The van der Waals surface area contributed by atoms with Crippen molar-refractivity contribution in [2.75, 3.05) is 11.1 Å². The van der Waals surface area contributed by atoms with Gasteiger partial charge in [-0.05, 0) is 36.6 Å². The van der Waals surface area contributed by atoms with Crippen LogP contribution in [0.25, 0.3) is 11.3 Å². The number of nitrogens with one attached hydrogen (secondary N) is 1. The van der Waals surface area contributed by atoms with Gasteiger partial charge < -0.3 is 0 Å². The van der Waals surface area contributed by atoms with E-state index in [0.717, 1.165) is 11.0 Å². The molecule has 1 aromatic heterocycles. The minimum atomic E-state index is -4.71. The SMILES string of the molecule is CSc1cccc(-c2cc(C(F)(F)F)nn2NS(=O)(=O)c2ccccc2)c1. The Kier molecular flexibility index (Phi) is 5.20. The van der Waals surface area contributed by atoms with Crippen molar-refractivity contribution in [3.05, 3.63) is 66.4 Å². The molecule has 2 aromatic carbocycles. The summed E-state index contributed by atoms with van der Waals surface area (Å²) in [4.78, 5) is 3.48. The first kappa shape index (κ1) is 19.3. The van der Waals surface area contributed by atoms with Gasteiger partial charge in [-0.3, -0.25) is 0 Å². The maximum atomic E-state index is 13.1. The van der Waals surface area contributed by atoms with Gasteiger partial charge in [0.05, 0.1) is 10.6 Å². The number of rotatable bonds is 5. The van der Waals surface area contributed by atoms with Crippen molar-refractivity contribution in [2.24, 2.45) is 0 Å². The second kappa shape index (κ2) is 7.28. The molecule has 3 aromatic rings. The fourth-order valence-electron chi connectivity index (χ4n) is 2.34. The van der Waals surface area contributed by atoms with Crippen molar-refractivity contribution in [3.63, 3.8) is 0 Å². The van der Waals surface area contributed by atoms with Gasteiger partial charge >= 0.3 is 6.18 Å². The van der Waals surface area contributed by atoms with Crippen LogP contribution in [0.4, 0.5) is 13.2 Å². The van der Waals surface area contributed by atoms with Crippen LogP contribution in [0.1, 0.15) is 5.69 Å². The molecule has 0 atom stereocenters. The molecule has 0 amide bonds. The van der Waals surface area contributed by atoms with E-state index in [9.17, 15) is 21.6 Å². The molecular formula is C17H14F3N3O2S2. The summed E-state index contributed by atoms with van der Waals surface area (Å²) in [7, 11) is -4.11. The fourth-order valence-corrected chi connectivity index (χ4v) is 3.79. The molecule has 27 heavy (non-hydrogen) atoms. The van der Waals surface area contributed by atoms with Gasteiger partial charge in [0.1, 0.15) is 0 Å². The summed E-state index contributed by atoms with van der Waals surface area (Å²) in [5, 5.41) is 3.42. The summed E-state index contributed by atoms with van der Waals surface area (Å²) in [5.74, 6) is 0. The molecule has 3 rings (SSSR count). The largest absolute Gasteiger partial charge is 0.435 e. The van der Waals surface area contributed by atoms with E-state index in [1.807, 2.05) is 6.26 Å². The normalized spacial score (nSPS) is 12.1. The van der Waals surface area contributed by atoms with E-state index in [-0.39, 0.29) is 10.6 Å². The third-order valence-electron chi connectivity index (χ3n) is 3.63. The first-order valence-corrected chi connectivity index (χ1v) is 10.3. The predicted molar refractivity (Wildman–Crippen MR) is 97.4 cm³/mol. The number of aromatic nitrogens is 2. The molecule has 10 heteroatoms. The maximum Gasteiger partial charge on any atom is 0.435 e. The molecule has 0 saturated heterocycles. The van der Waals surface area contributed by atoms with Crippen LogP contribution in [0, 0.1) is 0 Å². The molecule has 0 bridgehead atoms. The molecule has 0 radical (unpaired) electrons. The number of benzene rings is 2. The van der Waals surface area contributed by atoms with Crippen molar-refractivity contribution in [1.82, 2.24) is 9.89 Å². The van der Waals surface area contributed by atoms with Crippen LogP contribution in [0.2, 0.25) is 0 Å². The van der Waals surface area contributed by atoms with Gasteiger partial charge in [0.15, 0.2) is 5.69 Å². The number of thioether (sulfide) groups is 1. The van der Waals surface area contributed by atoms with Crippen LogP contribution >= 0.6 is 11.8 Å². The Balaban J connectivity index is 2.10.